The molecule has 0 saturated heterocycles. The Morgan fingerprint density at radius 2 is 2.05 bits per heavy atom. The van der Waals surface area contributed by atoms with Gasteiger partial charge in [0.15, 0.2) is 0 Å². The second-order valence-electron chi connectivity index (χ2n) is 4.53. The number of nitrogens with zero attached hydrogens (tertiary/aromatic N) is 2. The number of amides is 1. The van der Waals surface area contributed by atoms with E-state index in [4.69, 9.17) is 10.8 Å². The van der Waals surface area contributed by atoms with E-state index >= 15 is 0 Å². The lowest BCUT2D eigenvalue weighted by molar-refractivity contribution is -0.141. The number of nitrogens with two attached hydrogens (primary N) is 1. The van der Waals surface area contributed by atoms with Crippen LogP contribution in [0.4, 0.5) is 5.69 Å². The van der Waals surface area contributed by atoms with Crippen LogP contribution >= 0.6 is 0 Å². The van der Waals surface area contributed by atoms with Crippen LogP contribution < -0.4 is 5.73 Å². The molecule has 0 radical (unpaired) electrons. The molecule has 6 heteroatoms. The van der Waals surface area contributed by atoms with Gasteiger partial charge in [0.2, 0.25) is 0 Å². The molecule has 1 heterocycles. The van der Waals surface area contributed by atoms with Gasteiger partial charge in [-0.25, -0.2) is 4.79 Å². The number of aliphatic carboxylic acids is 1. The van der Waals surface area contributed by atoms with Gasteiger partial charge in [-0.3, -0.25) is 9.78 Å². The van der Waals surface area contributed by atoms with Crippen LogP contribution in [0, 0.1) is 0 Å². The average Bonchev–Trinajstić information content (AvgIpc) is 2.45. The van der Waals surface area contributed by atoms with Crippen LogP contribution in [0.5, 0.6) is 0 Å². The van der Waals surface area contributed by atoms with Crippen molar-refractivity contribution in [1.82, 2.24) is 9.88 Å². The summed E-state index contributed by atoms with van der Waals surface area (Å²) in [5.41, 5.74) is 7.23. The number of rotatable bonds is 3. The Morgan fingerprint density at radius 1 is 1.35 bits per heavy atom. The molecule has 0 saturated carbocycles. The minimum atomic E-state index is -1.06. The number of anilines is 1. The van der Waals surface area contributed by atoms with Crippen molar-refractivity contribution in [1.29, 1.82) is 0 Å². The van der Waals surface area contributed by atoms with E-state index in [9.17, 15) is 9.59 Å². The molecule has 3 N–H and O–H groups in total. The summed E-state index contributed by atoms with van der Waals surface area (Å²) >= 11 is 0. The molecule has 2 rings (SSSR count). The molecule has 0 unspecified atom stereocenters. The van der Waals surface area contributed by atoms with Gasteiger partial charge in [0, 0.05) is 24.2 Å². The molecule has 0 aliphatic rings. The summed E-state index contributed by atoms with van der Waals surface area (Å²) in [4.78, 5) is 28.7. The van der Waals surface area contributed by atoms with Crippen LogP contribution in [0.3, 0.4) is 0 Å². The molecule has 1 aromatic carbocycles. The number of hydrogen-bond acceptors (Lipinski definition) is 4. The normalized spacial score (nSPS) is 12.1. The standard InChI is InChI=1S/C14H15N3O3/c1-8(14(19)20)17(2)13(18)10-5-6-11(15)12-9(10)4-3-7-16-12/h3-8H,15H2,1-2H3,(H,19,20)/t8-/m0/s1. The molecule has 20 heavy (non-hydrogen) atoms. The smallest absolute Gasteiger partial charge is 0.326 e. The van der Waals surface area contributed by atoms with E-state index in [-0.39, 0.29) is 5.91 Å². The Labute approximate surface area is 115 Å². The van der Waals surface area contributed by atoms with Gasteiger partial charge >= 0.3 is 5.97 Å². The van der Waals surface area contributed by atoms with Crippen LogP contribution in [0.1, 0.15) is 17.3 Å². The summed E-state index contributed by atoms with van der Waals surface area (Å²) in [6.45, 7) is 1.46. The number of carbonyl (C=O) groups excluding carboxylic acids is 1. The lowest BCUT2D eigenvalue weighted by atomic mass is 10.1. The highest BCUT2D eigenvalue weighted by Gasteiger charge is 2.24. The molecule has 0 fully saturated rings. The van der Waals surface area contributed by atoms with Crippen molar-refractivity contribution in [2.45, 2.75) is 13.0 Å². The highest BCUT2D eigenvalue weighted by atomic mass is 16.4. The van der Waals surface area contributed by atoms with Gasteiger partial charge in [0.1, 0.15) is 6.04 Å². The van der Waals surface area contributed by atoms with E-state index in [1.165, 1.54) is 18.9 Å². The average molecular weight is 273 g/mol. The number of carboxylic acid groups (broad SMARTS) is 1. The van der Waals surface area contributed by atoms with Crippen LogP contribution in [0.15, 0.2) is 30.5 Å². The number of aromatic nitrogens is 1. The van der Waals surface area contributed by atoms with E-state index in [2.05, 4.69) is 4.98 Å². The van der Waals surface area contributed by atoms with E-state index in [1.807, 2.05) is 0 Å². The number of carbonyl (C=O) groups is 2. The maximum absolute atomic E-state index is 12.4. The molecule has 104 valence electrons. The highest BCUT2D eigenvalue weighted by molar-refractivity contribution is 6.09. The number of carboxylic acids is 1. The van der Waals surface area contributed by atoms with Gasteiger partial charge < -0.3 is 15.7 Å². The maximum atomic E-state index is 12.4. The van der Waals surface area contributed by atoms with Gasteiger partial charge in [-0.2, -0.15) is 0 Å². The Bertz CT molecular complexity index is 684. The summed E-state index contributed by atoms with van der Waals surface area (Å²) in [6, 6.07) is 5.73. The Kier molecular flexibility index (Phi) is 3.56. The fourth-order valence-electron chi connectivity index (χ4n) is 1.91. The van der Waals surface area contributed by atoms with E-state index in [0.29, 0.717) is 22.2 Å². The first-order valence-corrected chi connectivity index (χ1v) is 6.06. The zero-order valence-corrected chi connectivity index (χ0v) is 11.2. The molecule has 6 nitrogen and oxygen atoms in total. The van der Waals surface area contributed by atoms with Crippen LogP contribution in [0.25, 0.3) is 10.9 Å². The summed E-state index contributed by atoms with van der Waals surface area (Å²) in [5, 5.41) is 9.59. The number of pyridine rings is 1. The fourth-order valence-corrected chi connectivity index (χ4v) is 1.91. The summed E-state index contributed by atoms with van der Waals surface area (Å²) in [5.74, 6) is -1.43. The number of nitrogen functional groups attached to an aromatic ring is 1. The van der Waals surface area contributed by atoms with Crippen molar-refractivity contribution in [3.8, 4) is 0 Å². The Balaban J connectivity index is 2.51. The van der Waals surface area contributed by atoms with Gasteiger partial charge in [0.25, 0.3) is 5.91 Å². The molecule has 2 aromatic rings. The number of benzene rings is 1. The van der Waals surface area contributed by atoms with Crippen molar-refractivity contribution < 1.29 is 14.7 Å². The molecule has 0 aliphatic carbocycles. The van der Waals surface area contributed by atoms with Gasteiger partial charge in [0.05, 0.1) is 11.2 Å². The quantitative estimate of drug-likeness (QED) is 0.823. The van der Waals surface area contributed by atoms with Gasteiger partial charge in [-0.05, 0) is 25.1 Å². The second-order valence-corrected chi connectivity index (χ2v) is 4.53. The van der Waals surface area contributed by atoms with Gasteiger partial charge in [-0.15, -0.1) is 0 Å². The molecular weight excluding hydrogens is 258 g/mol. The molecule has 1 atom stereocenters. The zero-order valence-electron chi connectivity index (χ0n) is 11.2. The van der Waals surface area contributed by atoms with E-state index in [1.54, 1.807) is 30.5 Å². The van der Waals surface area contributed by atoms with Crippen LogP contribution in [-0.2, 0) is 4.79 Å². The third-order valence-electron chi connectivity index (χ3n) is 3.29. The Hall–Kier alpha value is -2.63. The number of hydrogen-bond donors (Lipinski definition) is 2. The third-order valence-corrected chi connectivity index (χ3v) is 3.29. The molecule has 0 bridgehead atoms. The minimum absolute atomic E-state index is 0.377. The van der Waals surface area contributed by atoms with Crippen LogP contribution in [0.2, 0.25) is 0 Å². The number of fused-ring (bicyclic) bond motifs is 1. The summed E-state index contributed by atoms with van der Waals surface area (Å²) in [7, 11) is 1.46. The maximum Gasteiger partial charge on any atom is 0.326 e. The topological polar surface area (TPSA) is 96.5 Å². The molecule has 1 amide bonds. The monoisotopic (exact) mass is 273 g/mol. The second kappa shape index (κ2) is 5.16. The lowest BCUT2D eigenvalue weighted by Gasteiger charge is -2.22. The van der Waals surface area contributed by atoms with Gasteiger partial charge in [-0.1, -0.05) is 6.07 Å². The summed E-state index contributed by atoms with van der Waals surface area (Å²) in [6.07, 6.45) is 1.59. The largest absolute Gasteiger partial charge is 0.480 e. The minimum Gasteiger partial charge on any atom is -0.480 e. The first kappa shape index (κ1) is 13.8. The highest BCUT2D eigenvalue weighted by Crippen LogP contribution is 2.23. The van der Waals surface area contributed by atoms with E-state index < -0.39 is 12.0 Å². The molecule has 1 aromatic heterocycles. The lowest BCUT2D eigenvalue weighted by Crippen LogP contribution is -2.40. The third kappa shape index (κ3) is 2.27. The van der Waals surface area contributed by atoms with Crippen molar-refractivity contribution >= 4 is 28.5 Å². The van der Waals surface area contributed by atoms with Crippen molar-refractivity contribution in [3.63, 3.8) is 0 Å². The fraction of sp³-hybridized carbons (Fsp3) is 0.214. The van der Waals surface area contributed by atoms with Crippen molar-refractivity contribution in [2.24, 2.45) is 0 Å². The SMILES string of the molecule is C[C@@H](C(=O)O)N(C)C(=O)c1ccc(N)c2ncccc12. The predicted molar refractivity (Wildman–Crippen MR) is 75.3 cm³/mol. The predicted octanol–water partition coefficient (Wildman–Crippen LogP) is 1.36. The Morgan fingerprint density at radius 3 is 2.70 bits per heavy atom. The molecule has 0 spiro atoms. The first-order chi connectivity index (χ1) is 9.43. The van der Waals surface area contributed by atoms with E-state index in [0.717, 1.165) is 0 Å². The van der Waals surface area contributed by atoms with Crippen molar-refractivity contribution in [3.05, 3.63) is 36.0 Å². The number of likely N-dealkylation sites (N-methyl/N-ethyl adjacent to an activating group) is 1. The van der Waals surface area contributed by atoms with Crippen molar-refractivity contribution in [2.75, 3.05) is 12.8 Å². The summed E-state index contributed by atoms with van der Waals surface area (Å²) < 4.78 is 0. The molecule has 0 aliphatic heterocycles. The first-order valence-electron chi connectivity index (χ1n) is 6.06. The molecular formula is C14H15N3O3. The zero-order chi connectivity index (χ0) is 14.9. The van der Waals surface area contributed by atoms with Crippen LogP contribution in [-0.4, -0.2) is 40.0 Å².